The normalized spacial score (nSPS) is 12.4. The fourth-order valence-corrected chi connectivity index (χ4v) is 1.43. The van der Waals surface area contributed by atoms with Crippen LogP contribution < -0.4 is 5.73 Å². The zero-order valence-electron chi connectivity index (χ0n) is 11.7. The van der Waals surface area contributed by atoms with Crippen molar-refractivity contribution >= 4 is 5.91 Å². The Hall–Kier alpha value is -1.43. The quantitative estimate of drug-likeness (QED) is 0.849. The van der Waals surface area contributed by atoms with Crippen LogP contribution in [-0.2, 0) is 16.8 Å². The highest BCUT2D eigenvalue weighted by molar-refractivity contribution is 5.75. The van der Waals surface area contributed by atoms with E-state index in [4.69, 9.17) is 10.3 Å². The van der Waals surface area contributed by atoms with Crippen LogP contribution in [0.2, 0.25) is 0 Å². The average molecular weight is 254 g/mol. The number of hydrogen-bond acceptors (Lipinski definition) is 5. The Morgan fingerprint density at radius 2 is 2.06 bits per heavy atom. The van der Waals surface area contributed by atoms with Crippen molar-refractivity contribution in [2.75, 3.05) is 6.54 Å². The molecule has 0 spiro atoms. The van der Waals surface area contributed by atoms with Gasteiger partial charge in [-0.2, -0.15) is 4.98 Å². The minimum absolute atomic E-state index is 0.169. The first kappa shape index (κ1) is 14.6. The Balaban J connectivity index is 2.76. The zero-order valence-corrected chi connectivity index (χ0v) is 11.7. The highest BCUT2D eigenvalue weighted by Gasteiger charge is 2.23. The van der Waals surface area contributed by atoms with Gasteiger partial charge in [0.25, 0.3) is 0 Å². The van der Waals surface area contributed by atoms with Gasteiger partial charge in [-0.05, 0) is 13.8 Å². The first-order chi connectivity index (χ1) is 8.20. The smallest absolute Gasteiger partial charge is 0.232 e. The van der Waals surface area contributed by atoms with E-state index in [1.54, 1.807) is 0 Å². The molecule has 102 valence electrons. The minimum atomic E-state index is -0.358. The molecule has 0 saturated heterocycles. The summed E-state index contributed by atoms with van der Waals surface area (Å²) in [6, 6.07) is 0.189. The minimum Gasteiger partial charge on any atom is -0.369 e. The second-order valence-electron chi connectivity index (χ2n) is 5.73. The van der Waals surface area contributed by atoms with Crippen molar-refractivity contribution in [2.45, 2.75) is 52.6 Å². The highest BCUT2D eigenvalue weighted by Crippen LogP contribution is 2.20. The Bertz CT molecular complexity index is 406. The lowest BCUT2D eigenvalue weighted by Crippen LogP contribution is -2.38. The Morgan fingerprint density at radius 3 is 2.44 bits per heavy atom. The van der Waals surface area contributed by atoms with Crippen molar-refractivity contribution in [3.05, 3.63) is 11.7 Å². The fraction of sp³-hybridized carbons (Fsp3) is 0.750. The molecular weight excluding hydrogens is 232 g/mol. The average Bonchev–Trinajstić information content (AvgIpc) is 2.63. The van der Waals surface area contributed by atoms with Gasteiger partial charge in [-0.25, -0.2) is 0 Å². The highest BCUT2D eigenvalue weighted by atomic mass is 16.5. The molecule has 0 unspecified atom stereocenters. The van der Waals surface area contributed by atoms with Gasteiger partial charge >= 0.3 is 0 Å². The van der Waals surface area contributed by atoms with Crippen molar-refractivity contribution in [3.63, 3.8) is 0 Å². The Labute approximate surface area is 108 Å². The summed E-state index contributed by atoms with van der Waals surface area (Å²) >= 11 is 0. The number of primary amides is 1. The summed E-state index contributed by atoms with van der Waals surface area (Å²) in [6.07, 6.45) is 0. The van der Waals surface area contributed by atoms with E-state index < -0.39 is 0 Å². The predicted octanol–water partition coefficient (Wildman–Crippen LogP) is 1.06. The van der Waals surface area contributed by atoms with E-state index in [-0.39, 0.29) is 23.9 Å². The first-order valence-electron chi connectivity index (χ1n) is 6.05. The van der Waals surface area contributed by atoms with E-state index in [1.807, 2.05) is 39.5 Å². The number of hydrogen-bond donors (Lipinski definition) is 1. The largest absolute Gasteiger partial charge is 0.369 e. The summed E-state index contributed by atoms with van der Waals surface area (Å²) in [6.45, 7) is 10.7. The van der Waals surface area contributed by atoms with Crippen LogP contribution in [0.4, 0.5) is 0 Å². The monoisotopic (exact) mass is 254 g/mol. The third-order valence-electron chi connectivity index (χ3n) is 2.54. The molecule has 1 aromatic heterocycles. The fourth-order valence-electron chi connectivity index (χ4n) is 1.43. The molecule has 1 amide bonds. The van der Waals surface area contributed by atoms with Gasteiger partial charge in [0.1, 0.15) is 0 Å². The summed E-state index contributed by atoms with van der Waals surface area (Å²) in [5.41, 5.74) is 5.05. The van der Waals surface area contributed by atoms with Gasteiger partial charge in [-0.3, -0.25) is 9.69 Å². The van der Waals surface area contributed by atoms with Gasteiger partial charge < -0.3 is 10.3 Å². The van der Waals surface area contributed by atoms with Gasteiger partial charge in [0.2, 0.25) is 11.8 Å². The number of nitrogens with two attached hydrogens (primary N) is 1. The summed E-state index contributed by atoms with van der Waals surface area (Å²) in [4.78, 5) is 17.2. The molecule has 0 radical (unpaired) electrons. The van der Waals surface area contributed by atoms with Crippen molar-refractivity contribution in [1.82, 2.24) is 15.0 Å². The molecule has 6 heteroatoms. The predicted molar refractivity (Wildman–Crippen MR) is 67.7 cm³/mol. The van der Waals surface area contributed by atoms with Crippen LogP contribution in [-0.4, -0.2) is 33.5 Å². The number of rotatable bonds is 5. The molecular formula is C12H22N4O2. The summed E-state index contributed by atoms with van der Waals surface area (Å²) in [7, 11) is 0. The van der Waals surface area contributed by atoms with Gasteiger partial charge in [0.15, 0.2) is 5.82 Å². The van der Waals surface area contributed by atoms with E-state index in [9.17, 15) is 4.79 Å². The van der Waals surface area contributed by atoms with Crippen LogP contribution in [0.3, 0.4) is 0 Å². The number of carbonyl (C=O) groups excluding carboxylic acids is 1. The van der Waals surface area contributed by atoms with Crippen LogP contribution in [0.15, 0.2) is 4.52 Å². The maximum Gasteiger partial charge on any atom is 0.232 e. The molecule has 0 saturated carbocycles. The molecule has 6 nitrogen and oxygen atoms in total. The molecule has 1 rings (SSSR count). The first-order valence-corrected chi connectivity index (χ1v) is 6.05. The van der Waals surface area contributed by atoms with Crippen LogP contribution in [0, 0.1) is 0 Å². The zero-order chi connectivity index (χ0) is 13.9. The number of carbonyl (C=O) groups is 1. The third kappa shape index (κ3) is 4.10. The molecule has 2 N–H and O–H groups in total. The topological polar surface area (TPSA) is 85.2 Å². The van der Waals surface area contributed by atoms with Crippen molar-refractivity contribution in [2.24, 2.45) is 5.73 Å². The van der Waals surface area contributed by atoms with E-state index in [0.29, 0.717) is 18.3 Å². The SMILES string of the molecule is CC(C)N(CC(N)=O)Cc1noc(C(C)(C)C)n1. The van der Waals surface area contributed by atoms with Crippen LogP contribution in [0.1, 0.15) is 46.3 Å². The van der Waals surface area contributed by atoms with Gasteiger partial charge in [-0.1, -0.05) is 25.9 Å². The molecule has 0 atom stereocenters. The van der Waals surface area contributed by atoms with Gasteiger partial charge in [-0.15, -0.1) is 0 Å². The Morgan fingerprint density at radius 1 is 1.44 bits per heavy atom. The number of nitrogens with zero attached hydrogens (tertiary/aromatic N) is 3. The van der Waals surface area contributed by atoms with Crippen LogP contribution >= 0.6 is 0 Å². The molecule has 0 aliphatic heterocycles. The van der Waals surface area contributed by atoms with Crippen molar-refractivity contribution in [3.8, 4) is 0 Å². The molecule has 0 bridgehead atoms. The lowest BCUT2D eigenvalue weighted by Gasteiger charge is -2.22. The standard InChI is InChI=1S/C12H22N4O2/c1-8(2)16(6-9(13)17)7-10-14-11(18-15-10)12(3,4)5/h8H,6-7H2,1-5H3,(H2,13,17). The number of aromatic nitrogens is 2. The Kier molecular flexibility index (Phi) is 4.45. The van der Waals surface area contributed by atoms with Gasteiger partial charge in [0.05, 0.1) is 13.1 Å². The van der Waals surface area contributed by atoms with E-state index in [1.165, 1.54) is 0 Å². The summed E-state index contributed by atoms with van der Waals surface area (Å²) in [5, 5.41) is 3.93. The molecule has 0 aromatic carbocycles. The lowest BCUT2D eigenvalue weighted by atomic mass is 9.97. The second kappa shape index (κ2) is 5.48. The summed E-state index contributed by atoms with van der Waals surface area (Å²) in [5.74, 6) is 0.818. The molecule has 18 heavy (non-hydrogen) atoms. The second-order valence-corrected chi connectivity index (χ2v) is 5.73. The molecule has 1 aromatic rings. The van der Waals surface area contributed by atoms with Crippen LogP contribution in [0.5, 0.6) is 0 Å². The van der Waals surface area contributed by atoms with E-state index in [0.717, 1.165) is 0 Å². The van der Waals surface area contributed by atoms with Crippen molar-refractivity contribution in [1.29, 1.82) is 0 Å². The van der Waals surface area contributed by atoms with Gasteiger partial charge in [0, 0.05) is 11.5 Å². The summed E-state index contributed by atoms with van der Waals surface area (Å²) < 4.78 is 5.21. The third-order valence-corrected chi connectivity index (χ3v) is 2.54. The molecule has 0 aliphatic carbocycles. The molecule has 0 fully saturated rings. The van der Waals surface area contributed by atoms with E-state index in [2.05, 4.69) is 10.1 Å². The van der Waals surface area contributed by atoms with Crippen LogP contribution in [0.25, 0.3) is 0 Å². The molecule has 1 heterocycles. The maximum atomic E-state index is 11.0. The number of amides is 1. The van der Waals surface area contributed by atoms with E-state index >= 15 is 0 Å². The lowest BCUT2D eigenvalue weighted by molar-refractivity contribution is -0.119. The van der Waals surface area contributed by atoms with Crippen molar-refractivity contribution < 1.29 is 9.32 Å². The molecule has 0 aliphatic rings. The maximum absolute atomic E-state index is 11.0.